The average Bonchev–Trinajstić information content (AvgIpc) is 2.51. The highest BCUT2D eigenvalue weighted by molar-refractivity contribution is 5.85. The number of aryl methyl sites for hydroxylation is 1. The van der Waals surface area contributed by atoms with Gasteiger partial charge in [-0.25, -0.2) is 14.4 Å². The highest BCUT2D eigenvalue weighted by atomic mass is 16.5. The Bertz CT molecular complexity index is 545. The first-order valence-electron chi connectivity index (χ1n) is 7.33. The fraction of sp³-hybridized carbons (Fsp3) is 0.438. The summed E-state index contributed by atoms with van der Waals surface area (Å²) in [5, 5.41) is 18.4. The third-order valence-corrected chi connectivity index (χ3v) is 3.44. The zero-order valence-corrected chi connectivity index (χ0v) is 13.1. The zero-order chi connectivity index (χ0) is 17.4. The Labute approximate surface area is 134 Å². The Balaban J connectivity index is 2.99. The van der Waals surface area contributed by atoms with Crippen LogP contribution in [-0.2, 0) is 20.7 Å². The molecule has 0 aliphatic carbocycles. The number of carbonyl (C=O) groups excluding carboxylic acids is 1. The van der Waals surface area contributed by atoms with E-state index in [0.717, 1.165) is 5.56 Å². The molecule has 0 bridgehead atoms. The summed E-state index contributed by atoms with van der Waals surface area (Å²) >= 11 is 0. The Morgan fingerprint density at radius 1 is 1.17 bits per heavy atom. The maximum atomic E-state index is 12.1. The molecule has 0 saturated heterocycles. The topological polar surface area (TPSA) is 104 Å². The molecule has 0 aliphatic rings. The van der Waals surface area contributed by atoms with E-state index >= 15 is 0 Å². The first kappa shape index (κ1) is 18.5. The van der Waals surface area contributed by atoms with Crippen molar-refractivity contribution in [3.05, 3.63) is 35.9 Å². The lowest BCUT2D eigenvalue weighted by Gasteiger charge is -2.30. The van der Waals surface area contributed by atoms with E-state index in [1.807, 2.05) is 30.3 Å². The summed E-state index contributed by atoms with van der Waals surface area (Å²) < 4.78 is 4.92. The molecule has 1 rings (SSSR count). The molecular formula is C16H21NO6. The van der Waals surface area contributed by atoms with Gasteiger partial charge in [0.1, 0.15) is 12.1 Å². The molecular weight excluding hydrogens is 302 g/mol. The van der Waals surface area contributed by atoms with Crippen LogP contribution in [0.2, 0.25) is 0 Å². The Hall–Kier alpha value is -2.57. The van der Waals surface area contributed by atoms with Gasteiger partial charge in [-0.3, -0.25) is 4.90 Å². The molecule has 7 nitrogen and oxygen atoms in total. The van der Waals surface area contributed by atoms with Gasteiger partial charge in [-0.15, -0.1) is 0 Å². The molecule has 0 aromatic heterocycles. The molecule has 2 atom stereocenters. The molecule has 126 valence electrons. The third kappa shape index (κ3) is 5.28. The van der Waals surface area contributed by atoms with Gasteiger partial charge >= 0.3 is 18.0 Å². The maximum Gasteiger partial charge on any atom is 0.408 e. The number of ether oxygens (including phenoxy) is 1. The highest BCUT2D eigenvalue weighted by Crippen LogP contribution is 2.16. The Kier molecular flexibility index (Phi) is 7.05. The van der Waals surface area contributed by atoms with Crippen molar-refractivity contribution in [3.63, 3.8) is 0 Å². The third-order valence-electron chi connectivity index (χ3n) is 3.44. The van der Waals surface area contributed by atoms with E-state index in [4.69, 9.17) is 9.84 Å². The summed E-state index contributed by atoms with van der Waals surface area (Å²) in [5.74, 6) is -2.06. The molecule has 0 radical (unpaired) electrons. The summed E-state index contributed by atoms with van der Waals surface area (Å²) in [6.45, 7) is 2.93. The number of carboxylic acid groups (broad SMARTS) is 2. The Morgan fingerprint density at radius 3 is 2.26 bits per heavy atom. The second kappa shape index (κ2) is 8.77. The summed E-state index contributed by atoms with van der Waals surface area (Å²) in [6, 6.07) is 6.72. The van der Waals surface area contributed by atoms with Crippen LogP contribution < -0.4 is 0 Å². The lowest BCUT2D eigenvalue weighted by Crippen LogP contribution is -2.52. The minimum Gasteiger partial charge on any atom is -0.480 e. The number of benzene rings is 1. The Morgan fingerprint density at radius 2 is 1.78 bits per heavy atom. The van der Waals surface area contributed by atoms with Crippen molar-refractivity contribution in [1.29, 1.82) is 0 Å². The van der Waals surface area contributed by atoms with Gasteiger partial charge in [0.25, 0.3) is 0 Å². The van der Waals surface area contributed by atoms with Crippen LogP contribution in [0.15, 0.2) is 30.3 Å². The van der Waals surface area contributed by atoms with E-state index in [0.29, 0.717) is 11.3 Å². The number of esters is 1. The van der Waals surface area contributed by atoms with Gasteiger partial charge in [0.15, 0.2) is 0 Å². The standard InChI is InChI=1S/C16H21NO6/c1-3-23-15(20)13(10-9-12-7-5-4-6-8-12)17(16(21)22)11(2)14(18)19/h4-8,11,13H,3,9-10H2,1-2H3,(H,18,19)(H,21,22)/t11-,13-/m0/s1. The highest BCUT2D eigenvalue weighted by Gasteiger charge is 2.37. The van der Waals surface area contributed by atoms with Gasteiger partial charge in [-0.05, 0) is 32.3 Å². The predicted molar refractivity (Wildman–Crippen MR) is 82.1 cm³/mol. The number of hydrogen-bond acceptors (Lipinski definition) is 4. The van der Waals surface area contributed by atoms with Crippen molar-refractivity contribution in [3.8, 4) is 0 Å². The second-order valence-corrected chi connectivity index (χ2v) is 5.00. The lowest BCUT2D eigenvalue weighted by atomic mass is 10.0. The van der Waals surface area contributed by atoms with E-state index in [2.05, 4.69) is 0 Å². The van der Waals surface area contributed by atoms with Crippen molar-refractivity contribution in [2.24, 2.45) is 0 Å². The monoisotopic (exact) mass is 323 g/mol. The molecule has 1 aromatic carbocycles. The molecule has 23 heavy (non-hydrogen) atoms. The van der Waals surface area contributed by atoms with Crippen LogP contribution in [0.5, 0.6) is 0 Å². The van der Waals surface area contributed by atoms with E-state index in [1.54, 1.807) is 6.92 Å². The molecule has 0 spiro atoms. The van der Waals surface area contributed by atoms with E-state index < -0.39 is 30.1 Å². The van der Waals surface area contributed by atoms with Gasteiger partial charge in [-0.1, -0.05) is 30.3 Å². The quantitative estimate of drug-likeness (QED) is 0.709. The minimum absolute atomic E-state index is 0.0928. The van der Waals surface area contributed by atoms with Gasteiger partial charge in [-0.2, -0.15) is 0 Å². The second-order valence-electron chi connectivity index (χ2n) is 5.00. The van der Waals surface area contributed by atoms with E-state index in [-0.39, 0.29) is 13.0 Å². The van der Waals surface area contributed by atoms with Crippen molar-refractivity contribution in [1.82, 2.24) is 4.90 Å². The van der Waals surface area contributed by atoms with Crippen molar-refractivity contribution in [2.45, 2.75) is 38.8 Å². The van der Waals surface area contributed by atoms with Gasteiger partial charge in [0.2, 0.25) is 0 Å². The number of hydrogen-bond donors (Lipinski definition) is 2. The number of carboxylic acids is 1. The van der Waals surface area contributed by atoms with Crippen molar-refractivity contribution < 1.29 is 29.3 Å². The van der Waals surface area contributed by atoms with Gasteiger partial charge in [0, 0.05) is 0 Å². The predicted octanol–water partition coefficient (Wildman–Crippen LogP) is 2.00. The molecule has 7 heteroatoms. The SMILES string of the molecule is CCOC(=O)[C@H](CCc1ccccc1)N(C(=O)O)[C@@H](C)C(=O)O. The van der Waals surface area contributed by atoms with E-state index in [1.165, 1.54) is 6.92 Å². The van der Waals surface area contributed by atoms with Crippen LogP contribution in [0.4, 0.5) is 4.79 Å². The molecule has 0 unspecified atom stereocenters. The summed E-state index contributed by atoms with van der Waals surface area (Å²) in [7, 11) is 0. The maximum absolute atomic E-state index is 12.1. The molecule has 2 N–H and O–H groups in total. The largest absolute Gasteiger partial charge is 0.480 e. The smallest absolute Gasteiger partial charge is 0.408 e. The molecule has 0 heterocycles. The molecule has 0 fully saturated rings. The fourth-order valence-electron chi connectivity index (χ4n) is 2.24. The van der Waals surface area contributed by atoms with Crippen molar-refractivity contribution in [2.75, 3.05) is 6.61 Å². The normalized spacial score (nSPS) is 13.0. The molecule has 0 saturated carbocycles. The lowest BCUT2D eigenvalue weighted by molar-refractivity contribution is -0.153. The van der Waals surface area contributed by atoms with E-state index in [9.17, 15) is 19.5 Å². The van der Waals surface area contributed by atoms with Crippen molar-refractivity contribution >= 4 is 18.0 Å². The first-order chi connectivity index (χ1) is 10.9. The molecule has 0 aliphatic heterocycles. The van der Waals surface area contributed by atoms with Crippen LogP contribution in [0.1, 0.15) is 25.8 Å². The van der Waals surface area contributed by atoms with Crippen LogP contribution in [0, 0.1) is 0 Å². The average molecular weight is 323 g/mol. The first-order valence-corrected chi connectivity index (χ1v) is 7.33. The van der Waals surface area contributed by atoms with Crippen LogP contribution in [0.3, 0.4) is 0 Å². The zero-order valence-electron chi connectivity index (χ0n) is 13.1. The van der Waals surface area contributed by atoms with Crippen LogP contribution in [-0.4, -0.2) is 51.8 Å². The molecule has 1 amide bonds. The molecule has 1 aromatic rings. The number of carbonyl (C=O) groups is 3. The van der Waals surface area contributed by atoms with Gasteiger partial charge < -0.3 is 14.9 Å². The number of amides is 1. The summed E-state index contributed by atoms with van der Waals surface area (Å²) in [6.07, 6.45) is -0.890. The number of aliphatic carboxylic acids is 1. The van der Waals surface area contributed by atoms with Gasteiger partial charge in [0.05, 0.1) is 6.61 Å². The minimum atomic E-state index is -1.47. The van der Waals surface area contributed by atoms with Crippen LogP contribution in [0.25, 0.3) is 0 Å². The number of rotatable bonds is 8. The number of nitrogens with zero attached hydrogens (tertiary/aromatic N) is 1. The van der Waals surface area contributed by atoms with Crippen LogP contribution >= 0.6 is 0 Å². The fourth-order valence-corrected chi connectivity index (χ4v) is 2.24. The summed E-state index contributed by atoms with van der Waals surface area (Å²) in [5.41, 5.74) is 0.926. The summed E-state index contributed by atoms with van der Waals surface area (Å²) in [4.78, 5) is 35.4.